The lowest BCUT2D eigenvalue weighted by molar-refractivity contribution is 0.0939. The van der Waals surface area contributed by atoms with Crippen molar-refractivity contribution in [2.45, 2.75) is 6.67 Å². The highest BCUT2D eigenvalue weighted by atomic mass is 16.2. The van der Waals surface area contributed by atoms with E-state index in [-0.39, 0.29) is 18.1 Å². The summed E-state index contributed by atoms with van der Waals surface area (Å²) in [6.45, 7) is -0.00275. The summed E-state index contributed by atoms with van der Waals surface area (Å²) in [5.74, 6) is -0.251. The third-order valence-electron chi connectivity index (χ3n) is 4.34. The van der Waals surface area contributed by atoms with Gasteiger partial charge in [-0.25, -0.2) is 4.68 Å². The second-order valence-corrected chi connectivity index (χ2v) is 6.09. The van der Waals surface area contributed by atoms with Crippen molar-refractivity contribution in [1.29, 1.82) is 0 Å². The highest BCUT2D eigenvalue weighted by molar-refractivity contribution is 5.94. The number of nitrogens with one attached hydrogen (secondary N) is 1. The molecule has 5 heteroatoms. The van der Waals surface area contributed by atoms with E-state index in [1.165, 1.54) is 4.68 Å². The van der Waals surface area contributed by atoms with Crippen LogP contribution in [0.15, 0.2) is 89.7 Å². The molecule has 0 aliphatic rings. The summed E-state index contributed by atoms with van der Waals surface area (Å²) in [6, 6.07) is 26.0. The zero-order valence-electron chi connectivity index (χ0n) is 14.5. The molecule has 0 radical (unpaired) electrons. The summed E-state index contributed by atoms with van der Waals surface area (Å²) >= 11 is 0. The van der Waals surface area contributed by atoms with Crippen LogP contribution in [0.2, 0.25) is 0 Å². The van der Waals surface area contributed by atoms with Crippen molar-refractivity contribution in [3.8, 4) is 11.3 Å². The number of fused-ring (bicyclic) bond motifs is 1. The van der Waals surface area contributed by atoms with E-state index in [4.69, 9.17) is 0 Å². The number of nitrogens with zero attached hydrogens (tertiary/aromatic N) is 2. The van der Waals surface area contributed by atoms with E-state index in [0.29, 0.717) is 16.6 Å². The zero-order valence-corrected chi connectivity index (χ0v) is 14.5. The summed E-state index contributed by atoms with van der Waals surface area (Å²) in [5, 5.41) is 8.65. The van der Waals surface area contributed by atoms with Crippen LogP contribution in [-0.4, -0.2) is 15.7 Å². The standard InChI is InChI=1S/C22H17N3O2/c26-21(17-11-5-2-6-12-17)23-15-25-22(27)19-14-8-7-13-18(19)20(24-25)16-9-3-1-4-10-16/h1-14H,15H2,(H,23,26). The van der Waals surface area contributed by atoms with Gasteiger partial charge in [0.25, 0.3) is 11.5 Å². The van der Waals surface area contributed by atoms with Crippen LogP contribution in [0, 0.1) is 0 Å². The van der Waals surface area contributed by atoms with Crippen LogP contribution in [0.25, 0.3) is 22.0 Å². The summed E-state index contributed by atoms with van der Waals surface area (Å²) in [4.78, 5) is 25.1. The topological polar surface area (TPSA) is 64.0 Å². The van der Waals surface area contributed by atoms with Gasteiger partial charge in [0.15, 0.2) is 0 Å². The Balaban J connectivity index is 1.74. The Bertz CT molecular complexity index is 1150. The number of carbonyl (C=O) groups is 1. The molecule has 1 heterocycles. The number of amides is 1. The van der Waals surface area contributed by atoms with Crippen molar-refractivity contribution in [2.24, 2.45) is 0 Å². The Labute approximate surface area is 155 Å². The fourth-order valence-electron chi connectivity index (χ4n) is 2.99. The highest BCUT2D eigenvalue weighted by Gasteiger charge is 2.12. The minimum Gasteiger partial charge on any atom is -0.333 e. The minimum atomic E-state index is -0.251. The van der Waals surface area contributed by atoms with Gasteiger partial charge in [0.1, 0.15) is 6.67 Å². The van der Waals surface area contributed by atoms with Gasteiger partial charge in [-0.1, -0.05) is 66.7 Å². The Morgan fingerprint density at radius 1 is 0.815 bits per heavy atom. The summed E-state index contributed by atoms with van der Waals surface area (Å²) in [7, 11) is 0. The number of aromatic nitrogens is 2. The third kappa shape index (κ3) is 3.35. The van der Waals surface area contributed by atoms with E-state index in [9.17, 15) is 9.59 Å². The molecule has 0 atom stereocenters. The smallest absolute Gasteiger partial charge is 0.276 e. The average Bonchev–Trinajstić information content (AvgIpc) is 2.74. The molecule has 0 aliphatic carbocycles. The Hall–Kier alpha value is -3.73. The molecule has 0 saturated carbocycles. The van der Waals surface area contributed by atoms with Crippen molar-refractivity contribution in [1.82, 2.24) is 15.1 Å². The predicted molar refractivity (Wildman–Crippen MR) is 105 cm³/mol. The average molecular weight is 355 g/mol. The first-order valence-corrected chi connectivity index (χ1v) is 8.62. The second-order valence-electron chi connectivity index (χ2n) is 6.09. The molecule has 1 amide bonds. The largest absolute Gasteiger partial charge is 0.333 e. The molecule has 132 valence electrons. The van der Waals surface area contributed by atoms with Gasteiger partial charge in [0, 0.05) is 16.5 Å². The van der Waals surface area contributed by atoms with Crippen LogP contribution in [0.3, 0.4) is 0 Å². The SMILES string of the molecule is O=C(NCn1nc(-c2ccccc2)c2ccccc2c1=O)c1ccccc1. The van der Waals surface area contributed by atoms with Crippen LogP contribution >= 0.6 is 0 Å². The van der Waals surface area contributed by atoms with Crippen LogP contribution in [0.4, 0.5) is 0 Å². The lowest BCUT2D eigenvalue weighted by Crippen LogP contribution is -2.34. The summed E-state index contributed by atoms with van der Waals surface area (Å²) in [6.07, 6.45) is 0. The van der Waals surface area contributed by atoms with Gasteiger partial charge in [-0.3, -0.25) is 9.59 Å². The lowest BCUT2D eigenvalue weighted by atomic mass is 10.1. The maximum Gasteiger partial charge on any atom is 0.276 e. The van der Waals surface area contributed by atoms with Gasteiger partial charge in [-0.15, -0.1) is 0 Å². The number of rotatable bonds is 4. The molecule has 0 bridgehead atoms. The zero-order chi connectivity index (χ0) is 18.6. The first kappa shape index (κ1) is 16.7. The van der Waals surface area contributed by atoms with Crippen LogP contribution in [0.5, 0.6) is 0 Å². The molecule has 0 fully saturated rings. The van der Waals surface area contributed by atoms with E-state index in [0.717, 1.165) is 10.9 Å². The molecule has 3 aromatic carbocycles. The molecule has 4 aromatic rings. The van der Waals surface area contributed by atoms with Crippen molar-refractivity contribution in [2.75, 3.05) is 0 Å². The molecule has 1 aromatic heterocycles. The molecule has 0 spiro atoms. The van der Waals surface area contributed by atoms with Crippen molar-refractivity contribution in [3.05, 3.63) is 101 Å². The van der Waals surface area contributed by atoms with E-state index >= 15 is 0 Å². The molecule has 0 saturated heterocycles. The molecule has 0 aliphatic heterocycles. The first-order chi connectivity index (χ1) is 13.2. The van der Waals surface area contributed by atoms with Crippen LogP contribution < -0.4 is 10.9 Å². The summed E-state index contributed by atoms with van der Waals surface area (Å²) in [5.41, 5.74) is 1.92. The van der Waals surface area contributed by atoms with E-state index in [2.05, 4.69) is 10.4 Å². The normalized spacial score (nSPS) is 10.7. The van der Waals surface area contributed by atoms with Gasteiger partial charge < -0.3 is 5.32 Å². The molecule has 0 unspecified atom stereocenters. The molecular weight excluding hydrogens is 338 g/mol. The van der Waals surface area contributed by atoms with Crippen molar-refractivity contribution in [3.63, 3.8) is 0 Å². The van der Waals surface area contributed by atoms with Crippen molar-refractivity contribution < 1.29 is 4.79 Å². The van der Waals surface area contributed by atoms with E-state index < -0.39 is 0 Å². The number of carbonyl (C=O) groups excluding carboxylic acids is 1. The van der Waals surface area contributed by atoms with Crippen LogP contribution in [-0.2, 0) is 6.67 Å². The molecule has 5 nitrogen and oxygen atoms in total. The fraction of sp³-hybridized carbons (Fsp3) is 0.0455. The third-order valence-corrected chi connectivity index (χ3v) is 4.34. The van der Waals surface area contributed by atoms with Gasteiger partial charge in [-0.2, -0.15) is 5.10 Å². The second kappa shape index (κ2) is 7.25. The van der Waals surface area contributed by atoms with Crippen molar-refractivity contribution >= 4 is 16.7 Å². The van der Waals surface area contributed by atoms with Gasteiger partial charge in [-0.05, 0) is 18.2 Å². The number of hydrogen-bond acceptors (Lipinski definition) is 3. The highest BCUT2D eigenvalue weighted by Crippen LogP contribution is 2.24. The van der Waals surface area contributed by atoms with Gasteiger partial charge in [0.2, 0.25) is 0 Å². The molecule has 27 heavy (non-hydrogen) atoms. The Kier molecular flexibility index (Phi) is 4.49. The minimum absolute atomic E-state index is 0.00275. The first-order valence-electron chi connectivity index (χ1n) is 8.62. The number of hydrogen-bond donors (Lipinski definition) is 1. The maximum atomic E-state index is 12.8. The monoisotopic (exact) mass is 355 g/mol. The van der Waals surface area contributed by atoms with Gasteiger partial charge in [0.05, 0.1) is 11.1 Å². The lowest BCUT2D eigenvalue weighted by Gasteiger charge is -2.12. The quantitative estimate of drug-likeness (QED) is 0.610. The molecular formula is C22H17N3O2. The maximum absolute atomic E-state index is 12.8. The summed E-state index contributed by atoms with van der Waals surface area (Å²) < 4.78 is 1.30. The van der Waals surface area contributed by atoms with Crippen LogP contribution in [0.1, 0.15) is 10.4 Å². The molecule has 4 rings (SSSR count). The fourth-order valence-corrected chi connectivity index (χ4v) is 2.99. The molecule has 1 N–H and O–H groups in total. The predicted octanol–water partition coefficient (Wildman–Crippen LogP) is 3.45. The van der Waals surface area contributed by atoms with E-state index in [1.807, 2.05) is 54.6 Å². The van der Waals surface area contributed by atoms with Gasteiger partial charge >= 0.3 is 0 Å². The Morgan fingerprint density at radius 3 is 2.11 bits per heavy atom. The number of benzene rings is 3. The van der Waals surface area contributed by atoms with E-state index in [1.54, 1.807) is 30.3 Å². The Morgan fingerprint density at radius 2 is 1.41 bits per heavy atom.